The first-order chi connectivity index (χ1) is 10.1. The van der Waals surface area contributed by atoms with E-state index in [4.69, 9.17) is 0 Å². The number of nitrogens with zero attached hydrogens (tertiary/aromatic N) is 1. The Bertz CT molecular complexity index is 421. The van der Waals surface area contributed by atoms with Crippen molar-refractivity contribution in [3.8, 4) is 0 Å². The minimum absolute atomic E-state index is 0.441. The van der Waals surface area contributed by atoms with Gasteiger partial charge in [-0.1, -0.05) is 49.1 Å². The number of likely N-dealkylation sites (tertiary alicyclic amines) is 1. The van der Waals surface area contributed by atoms with Gasteiger partial charge in [-0.25, -0.2) is 0 Å². The maximum absolute atomic E-state index is 3.54. The van der Waals surface area contributed by atoms with E-state index in [1.165, 1.54) is 55.3 Å². The van der Waals surface area contributed by atoms with Gasteiger partial charge < -0.3 is 5.32 Å². The van der Waals surface area contributed by atoms with E-state index in [0.29, 0.717) is 6.04 Å². The fourth-order valence-electron chi connectivity index (χ4n) is 3.75. The molecule has 0 radical (unpaired) electrons. The molecule has 0 bridgehead atoms. The lowest BCUT2D eigenvalue weighted by Crippen LogP contribution is -2.40. The van der Waals surface area contributed by atoms with Crippen LogP contribution in [0.25, 0.3) is 0 Å². The van der Waals surface area contributed by atoms with Gasteiger partial charge in [0.1, 0.15) is 0 Å². The Kier molecular flexibility index (Phi) is 6.25. The molecule has 0 aromatic heterocycles. The topological polar surface area (TPSA) is 15.3 Å². The smallest absolute Gasteiger partial charge is 0.0447 e. The van der Waals surface area contributed by atoms with Crippen LogP contribution in [0, 0.1) is 13.8 Å². The summed E-state index contributed by atoms with van der Waals surface area (Å²) in [6, 6.07) is 8.15. The number of nitrogens with one attached hydrogen (secondary N) is 1. The van der Waals surface area contributed by atoms with Crippen LogP contribution in [-0.4, -0.2) is 31.1 Å². The van der Waals surface area contributed by atoms with Crippen molar-refractivity contribution in [2.24, 2.45) is 0 Å². The van der Waals surface area contributed by atoms with Crippen molar-refractivity contribution >= 4 is 0 Å². The van der Waals surface area contributed by atoms with Gasteiger partial charge in [0.15, 0.2) is 0 Å². The van der Waals surface area contributed by atoms with E-state index in [1.807, 2.05) is 0 Å². The second-order valence-electron chi connectivity index (χ2n) is 6.67. The Morgan fingerprint density at radius 2 is 1.86 bits per heavy atom. The van der Waals surface area contributed by atoms with Crippen molar-refractivity contribution in [3.05, 3.63) is 34.9 Å². The lowest BCUT2D eigenvalue weighted by molar-refractivity contribution is 0.176. The molecule has 1 aromatic rings. The van der Waals surface area contributed by atoms with Crippen LogP contribution >= 0.6 is 0 Å². The largest absolute Gasteiger partial charge is 0.312 e. The Hall–Kier alpha value is -0.860. The minimum atomic E-state index is 0.441. The molecule has 1 fully saturated rings. The molecule has 1 aliphatic heterocycles. The van der Waals surface area contributed by atoms with E-state index in [0.717, 1.165) is 12.6 Å². The average molecular weight is 288 g/mol. The Labute approximate surface area is 130 Å². The fourth-order valence-corrected chi connectivity index (χ4v) is 3.75. The van der Waals surface area contributed by atoms with Crippen molar-refractivity contribution < 1.29 is 0 Å². The summed E-state index contributed by atoms with van der Waals surface area (Å²) >= 11 is 0. The molecule has 1 saturated heterocycles. The van der Waals surface area contributed by atoms with Crippen LogP contribution in [0.2, 0.25) is 0 Å². The van der Waals surface area contributed by atoms with E-state index < -0.39 is 0 Å². The molecule has 0 saturated carbocycles. The van der Waals surface area contributed by atoms with Gasteiger partial charge in [-0.15, -0.1) is 0 Å². The van der Waals surface area contributed by atoms with Crippen LogP contribution in [0.1, 0.15) is 61.8 Å². The third kappa shape index (κ3) is 4.55. The Morgan fingerprint density at radius 1 is 1.14 bits per heavy atom. The van der Waals surface area contributed by atoms with Crippen molar-refractivity contribution in [2.75, 3.05) is 20.1 Å². The highest BCUT2D eigenvalue weighted by Gasteiger charge is 2.22. The quantitative estimate of drug-likeness (QED) is 0.872. The molecule has 1 N–H and O–H groups in total. The number of benzene rings is 1. The average Bonchev–Trinajstić information content (AvgIpc) is 2.68. The molecule has 1 aromatic carbocycles. The first kappa shape index (κ1) is 16.5. The third-order valence-corrected chi connectivity index (χ3v) is 4.88. The van der Waals surface area contributed by atoms with Crippen molar-refractivity contribution in [3.63, 3.8) is 0 Å². The fraction of sp³-hybridized carbons (Fsp3) is 0.684. The number of likely N-dealkylation sites (N-methyl/N-ethyl adjacent to an activating group) is 1. The summed E-state index contributed by atoms with van der Waals surface area (Å²) in [5.74, 6) is 0. The van der Waals surface area contributed by atoms with E-state index >= 15 is 0 Å². The molecule has 0 amide bonds. The van der Waals surface area contributed by atoms with E-state index in [-0.39, 0.29) is 0 Å². The molecule has 1 heterocycles. The number of hydrogen-bond donors (Lipinski definition) is 1. The van der Waals surface area contributed by atoms with E-state index in [1.54, 1.807) is 0 Å². The Balaban J connectivity index is 2.13. The number of rotatable bonds is 5. The molecule has 0 aliphatic carbocycles. The predicted octanol–water partition coefficient (Wildman–Crippen LogP) is 4.22. The maximum Gasteiger partial charge on any atom is 0.0447 e. The highest BCUT2D eigenvalue weighted by molar-refractivity contribution is 5.30. The summed E-state index contributed by atoms with van der Waals surface area (Å²) < 4.78 is 0. The zero-order valence-electron chi connectivity index (χ0n) is 14.3. The summed E-state index contributed by atoms with van der Waals surface area (Å²) in [7, 11) is 2.10. The standard InChI is InChI=1S/C19H32N2/c1-5-18-9-7-6-8-10-21(18)14-19(20-4)17-12-15(2)11-16(3)13-17/h11-13,18-20H,5-10,14H2,1-4H3. The van der Waals surface area contributed by atoms with Gasteiger partial charge in [-0.3, -0.25) is 4.90 Å². The summed E-state index contributed by atoms with van der Waals surface area (Å²) in [6.45, 7) is 9.14. The van der Waals surface area contributed by atoms with Gasteiger partial charge in [-0.2, -0.15) is 0 Å². The zero-order chi connectivity index (χ0) is 15.2. The van der Waals surface area contributed by atoms with Gasteiger partial charge >= 0.3 is 0 Å². The summed E-state index contributed by atoms with van der Waals surface area (Å²) in [5, 5.41) is 3.54. The van der Waals surface area contributed by atoms with Crippen LogP contribution < -0.4 is 5.32 Å². The molecule has 1 aliphatic rings. The lowest BCUT2D eigenvalue weighted by atomic mass is 10.00. The molecular weight excluding hydrogens is 256 g/mol. The summed E-state index contributed by atoms with van der Waals surface area (Å²) in [6.07, 6.45) is 6.83. The van der Waals surface area contributed by atoms with Gasteiger partial charge in [0.05, 0.1) is 0 Å². The van der Waals surface area contributed by atoms with Crippen LogP contribution in [0.3, 0.4) is 0 Å². The Morgan fingerprint density at radius 3 is 2.48 bits per heavy atom. The van der Waals surface area contributed by atoms with Gasteiger partial charge in [0, 0.05) is 18.6 Å². The number of aryl methyl sites for hydroxylation is 2. The number of hydrogen-bond acceptors (Lipinski definition) is 2. The molecule has 21 heavy (non-hydrogen) atoms. The van der Waals surface area contributed by atoms with Gasteiger partial charge in [0.25, 0.3) is 0 Å². The molecule has 2 atom stereocenters. The zero-order valence-corrected chi connectivity index (χ0v) is 14.3. The molecule has 2 heteroatoms. The molecular formula is C19H32N2. The van der Waals surface area contributed by atoms with Gasteiger partial charge in [-0.05, 0) is 52.3 Å². The summed E-state index contributed by atoms with van der Waals surface area (Å²) in [4.78, 5) is 2.73. The first-order valence-corrected chi connectivity index (χ1v) is 8.63. The molecule has 0 spiro atoms. The highest BCUT2D eigenvalue weighted by Crippen LogP contribution is 2.24. The highest BCUT2D eigenvalue weighted by atomic mass is 15.2. The lowest BCUT2D eigenvalue weighted by Gasteiger charge is -2.33. The third-order valence-electron chi connectivity index (χ3n) is 4.88. The molecule has 118 valence electrons. The van der Waals surface area contributed by atoms with Crippen LogP contribution in [0.5, 0.6) is 0 Å². The van der Waals surface area contributed by atoms with Gasteiger partial charge in [0.2, 0.25) is 0 Å². The van der Waals surface area contributed by atoms with Crippen molar-refractivity contribution in [1.29, 1.82) is 0 Å². The van der Waals surface area contributed by atoms with Crippen LogP contribution in [-0.2, 0) is 0 Å². The second-order valence-corrected chi connectivity index (χ2v) is 6.67. The normalized spacial score (nSPS) is 22.0. The second kappa shape index (κ2) is 7.95. The summed E-state index contributed by atoms with van der Waals surface area (Å²) in [5.41, 5.74) is 4.18. The molecule has 2 unspecified atom stereocenters. The SMILES string of the molecule is CCC1CCCCCN1CC(NC)c1cc(C)cc(C)c1. The van der Waals surface area contributed by atoms with Crippen molar-refractivity contribution in [2.45, 2.75) is 65.0 Å². The minimum Gasteiger partial charge on any atom is -0.312 e. The van der Waals surface area contributed by atoms with Crippen LogP contribution in [0.15, 0.2) is 18.2 Å². The van der Waals surface area contributed by atoms with Crippen molar-refractivity contribution in [1.82, 2.24) is 10.2 Å². The molecule has 2 nitrogen and oxygen atoms in total. The van der Waals surface area contributed by atoms with E-state index in [2.05, 4.69) is 56.2 Å². The first-order valence-electron chi connectivity index (χ1n) is 8.63. The monoisotopic (exact) mass is 288 g/mol. The molecule has 2 rings (SSSR count). The van der Waals surface area contributed by atoms with E-state index in [9.17, 15) is 0 Å². The predicted molar refractivity (Wildman–Crippen MR) is 91.8 cm³/mol. The van der Waals surface area contributed by atoms with Crippen LogP contribution in [0.4, 0.5) is 0 Å². The maximum atomic E-state index is 3.54.